The van der Waals surface area contributed by atoms with Crippen molar-refractivity contribution in [2.24, 2.45) is 11.8 Å². The largest absolute Gasteiger partial charge is 0.466 e. The van der Waals surface area contributed by atoms with Crippen molar-refractivity contribution in [3.8, 4) is 0 Å². The SMILES string of the molecule is CCOC(=O)C1CCN(C(=O)CN(C)C(=O)C2CCCN(C(=O)c3ccc(Cl)cc3)C2)CC1. The number of likely N-dealkylation sites (N-methyl/N-ethyl adjacent to an activating group) is 1. The van der Waals surface area contributed by atoms with Crippen LogP contribution >= 0.6 is 11.6 Å². The van der Waals surface area contributed by atoms with E-state index in [9.17, 15) is 19.2 Å². The molecule has 2 saturated heterocycles. The Balaban J connectivity index is 1.50. The van der Waals surface area contributed by atoms with Gasteiger partial charge >= 0.3 is 5.97 Å². The number of halogens is 1. The number of piperidine rings is 2. The Hall–Kier alpha value is -2.61. The molecule has 1 aromatic carbocycles. The van der Waals surface area contributed by atoms with Crippen molar-refractivity contribution in [3.05, 3.63) is 34.9 Å². The summed E-state index contributed by atoms with van der Waals surface area (Å²) in [5, 5.41) is 0.564. The summed E-state index contributed by atoms with van der Waals surface area (Å²) >= 11 is 5.91. The topological polar surface area (TPSA) is 87.2 Å². The first-order valence-corrected chi connectivity index (χ1v) is 11.9. The van der Waals surface area contributed by atoms with Crippen molar-refractivity contribution in [3.63, 3.8) is 0 Å². The minimum absolute atomic E-state index is 0.00939. The molecule has 0 aliphatic carbocycles. The number of carbonyl (C=O) groups is 4. The maximum absolute atomic E-state index is 13.0. The molecule has 0 radical (unpaired) electrons. The first-order valence-electron chi connectivity index (χ1n) is 11.5. The van der Waals surface area contributed by atoms with Gasteiger partial charge in [-0.15, -0.1) is 0 Å². The van der Waals surface area contributed by atoms with Crippen LogP contribution < -0.4 is 0 Å². The van der Waals surface area contributed by atoms with Crippen molar-refractivity contribution in [1.29, 1.82) is 0 Å². The van der Waals surface area contributed by atoms with Gasteiger partial charge in [-0.3, -0.25) is 19.2 Å². The van der Waals surface area contributed by atoms with Crippen LogP contribution in [0.15, 0.2) is 24.3 Å². The molecule has 0 aromatic heterocycles. The minimum atomic E-state index is -0.331. The van der Waals surface area contributed by atoms with Gasteiger partial charge in [0.25, 0.3) is 5.91 Å². The number of ether oxygens (including phenoxy) is 1. The number of carbonyl (C=O) groups excluding carboxylic acids is 4. The molecule has 0 N–H and O–H groups in total. The molecule has 0 bridgehead atoms. The molecule has 8 nitrogen and oxygen atoms in total. The maximum atomic E-state index is 13.0. The lowest BCUT2D eigenvalue weighted by Crippen LogP contribution is -2.49. The van der Waals surface area contributed by atoms with Gasteiger partial charge in [0.2, 0.25) is 11.8 Å². The van der Waals surface area contributed by atoms with Gasteiger partial charge in [-0.05, 0) is 56.9 Å². The highest BCUT2D eigenvalue weighted by Gasteiger charge is 2.33. The van der Waals surface area contributed by atoms with E-state index >= 15 is 0 Å². The second-order valence-electron chi connectivity index (χ2n) is 8.70. The predicted octanol–water partition coefficient (Wildman–Crippen LogP) is 2.45. The number of likely N-dealkylation sites (tertiary alicyclic amines) is 2. The Labute approximate surface area is 199 Å². The highest BCUT2D eigenvalue weighted by Crippen LogP contribution is 2.22. The fourth-order valence-corrected chi connectivity index (χ4v) is 4.58. The first kappa shape index (κ1) is 25.0. The van der Waals surface area contributed by atoms with Gasteiger partial charge in [0.15, 0.2) is 0 Å². The zero-order valence-electron chi connectivity index (χ0n) is 19.3. The number of hydrogen-bond donors (Lipinski definition) is 0. The van der Waals surface area contributed by atoms with Crippen molar-refractivity contribution >= 4 is 35.3 Å². The van der Waals surface area contributed by atoms with E-state index in [4.69, 9.17) is 16.3 Å². The number of nitrogens with zero attached hydrogens (tertiary/aromatic N) is 3. The van der Waals surface area contributed by atoms with Gasteiger partial charge in [-0.25, -0.2) is 0 Å². The van der Waals surface area contributed by atoms with Gasteiger partial charge < -0.3 is 19.4 Å². The average molecular weight is 478 g/mol. The highest BCUT2D eigenvalue weighted by atomic mass is 35.5. The Kier molecular flexibility index (Phi) is 8.72. The van der Waals surface area contributed by atoms with Crippen LogP contribution in [0.2, 0.25) is 5.02 Å². The van der Waals surface area contributed by atoms with Gasteiger partial charge in [0.05, 0.1) is 25.0 Å². The minimum Gasteiger partial charge on any atom is -0.466 e. The third-order valence-electron chi connectivity index (χ3n) is 6.37. The number of hydrogen-bond acceptors (Lipinski definition) is 5. The van der Waals surface area contributed by atoms with Crippen LogP contribution in [0.5, 0.6) is 0 Å². The summed E-state index contributed by atoms with van der Waals surface area (Å²) in [6.45, 7) is 4.03. The van der Waals surface area contributed by atoms with Crippen LogP contribution in [0, 0.1) is 11.8 Å². The fourth-order valence-electron chi connectivity index (χ4n) is 4.46. The van der Waals surface area contributed by atoms with Crippen molar-refractivity contribution in [1.82, 2.24) is 14.7 Å². The van der Waals surface area contributed by atoms with Crippen molar-refractivity contribution < 1.29 is 23.9 Å². The van der Waals surface area contributed by atoms with Crippen LogP contribution in [0.4, 0.5) is 0 Å². The van der Waals surface area contributed by atoms with E-state index in [1.54, 1.807) is 48.0 Å². The molecule has 9 heteroatoms. The zero-order valence-corrected chi connectivity index (χ0v) is 20.1. The van der Waals surface area contributed by atoms with E-state index in [0.717, 1.165) is 6.42 Å². The maximum Gasteiger partial charge on any atom is 0.309 e. The van der Waals surface area contributed by atoms with Crippen LogP contribution in [0.25, 0.3) is 0 Å². The van der Waals surface area contributed by atoms with Crippen LogP contribution in [-0.4, -0.2) is 84.8 Å². The van der Waals surface area contributed by atoms with Crippen molar-refractivity contribution in [2.75, 3.05) is 46.4 Å². The lowest BCUT2D eigenvalue weighted by atomic mass is 9.95. The summed E-state index contributed by atoms with van der Waals surface area (Å²) in [7, 11) is 1.63. The molecule has 180 valence electrons. The van der Waals surface area contributed by atoms with E-state index < -0.39 is 0 Å². The zero-order chi connectivity index (χ0) is 24.0. The fraction of sp³-hybridized carbons (Fsp3) is 0.583. The predicted molar refractivity (Wildman–Crippen MR) is 124 cm³/mol. The van der Waals surface area contributed by atoms with E-state index in [1.165, 1.54) is 4.90 Å². The molecule has 1 aromatic rings. The summed E-state index contributed by atoms with van der Waals surface area (Å²) in [5.74, 6) is -1.07. The molecule has 1 atom stereocenters. The van der Waals surface area contributed by atoms with E-state index in [0.29, 0.717) is 62.6 Å². The lowest BCUT2D eigenvalue weighted by Gasteiger charge is -2.35. The van der Waals surface area contributed by atoms with Crippen LogP contribution in [0.1, 0.15) is 43.0 Å². The first-order chi connectivity index (χ1) is 15.8. The molecule has 2 aliphatic heterocycles. The third kappa shape index (κ3) is 6.47. The summed E-state index contributed by atoms with van der Waals surface area (Å²) in [5.41, 5.74) is 0.544. The van der Waals surface area contributed by atoms with Gasteiger partial charge in [0, 0.05) is 43.8 Å². The summed E-state index contributed by atoms with van der Waals surface area (Å²) in [6, 6.07) is 6.73. The number of amides is 3. The lowest BCUT2D eigenvalue weighted by molar-refractivity contribution is -0.151. The molecule has 2 aliphatic rings. The smallest absolute Gasteiger partial charge is 0.309 e. The molecule has 0 spiro atoms. The quantitative estimate of drug-likeness (QED) is 0.587. The molecule has 0 saturated carbocycles. The second kappa shape index (κ2) is 11.5. The molecule has 1 unspecified atom stereocenters. The molecular weight excluding hydrogens is 446 g/mol. The molecule has 33 heavy (non-hydrogen) atoms. The molecule has 3 rings (SSSR count). The summed E-state index contributed by atoms with van der Waals surface area (Å²) in [6.07, 6.45) is 2.57. The Morgan fingerprint density at radius 2 is 1.67 bits per heavy atom. The number of benzene rings is 1. The Morgan fingerprint density at radius 3 is 2.30 bits per heavy atom. The van der Waals surface area contributed by atoms with Gasteiger partial charge in [-0.2, -0.15) is 0 Å². The number of esters is 1. The molecule has 2 fully saturated rings. The summed E-state index contributed by atoms with van der Waals surface area (Å²) < 4.78 is 5.07. The average Bonchev–Trinajstić information content (AvgIpc) is 2.83. The summed E-state index contributed by atoms with van der Waals surface area (Å²) in [4.78, 5) is 55.3. The normalized spacial score (nSPS) is 19.2. The third-order valence-corrected chi connectivity index (χ3v) is 6.62. The van der Waals surface area contributed by atoms with Gasteiger partial charge in [-0.1, -0.05) is 11.6 Å². The van der Waals surface area contributed by atoms with Crippen LogP contribution in [0.3, 0.4) is 0 Å². The monoisotopic (exact) mass is 477 g/mol. The van der Waals surface area contributed by atoms with E-state index in [-0.39, 0.29) is 42.1 Å². The molecule has 3 amide bonds. The Bertz CT molecular complexity index is 867. The second-order valence-corrected chi connectivity index (χ2v) is 9.14. The standard InChI is InChI=1S/C24H32ClN3O5/c1-3-33-24(32)18-10-13-27(14-11-18)21(29)16-26(2)22(30)19-5-4-12-28(15-19)23(31)17-6-8-20(25)9-7-17/h6-9,18-19H,3-5,10-16H2,1-2H3. The highest BCUT2D eigenvalue weighted by molar-refractivity contribution is 6.30. The molecule has 2 heterocycles. The number of rotatable bonds is 6. The van der Waals surface area contributed by atoms with Gasteiger partial charge in [0.1, 0.15) is 0 Å². The Morgan fingerprint density at radius 1 is 1.00 bits per heavy atom. The van der Waals surface area contributed by atoms with Crippen LogP contribution in [-0.2, 0) is 19.1 Å². The van der Waals surface area contributed by atoms with Crippen molar-refractivity contribution in [2.45, 2.75) is 32.6 Å². The van der Waals surface area contributed by atoms with E-state index in [1.807, 2.05) is 0 Å². The molecular formula is C24H32ClN3O5. The van der Waals surface area contributed by atoms with E-state index in [2.05, 4.69) is 0 Å².